The number of rotatable bonds is 1. The lowest BCUT2D eigenvalue weighted by atomic mass is 10.1. The van der Waals surface area contributed by atoms with Gasteiger partial charge in [-0.2, -0.15) is 0 Å². The van der Waals surface area contributed by atoms with Crippen LogP contribution in [0.2, 0.25) is 0 Å². The van der Waals surface area contributed by atoms with Gasteiger partial charge in [0.25, 0.3) is 9.05 Å². The van der Waals surface area contributed by atoms with Crippen molar-refractivity contribution in [1.82, 2.24) is 4.98 Å². The number of aromatic amines is 1. The molecular weight excluding hydrogens is 258 g/mol. The van der Waals surface area contributed by atoms with E-state index in [9.17, 15) is 8.42 Å². The molecule has 0 saturated carbocycles. The highest BCUT2D eigenvalue weighted by molar-refractivity contribution is 8.14. The van der Waals surface area contributed by atoms with Crippen molar-refractivity contribution in [1.29, 1.82) is 0 Å². The minimum absolute atomic E-state index is 0.125. The first kappa shape index (κ1) is 10.6. The Kier molecular flexibility index (Phi) is 2.18. The molecule has 5 heteroatoms. The highest BCUT2D eigenvalue weighted by atomic mass is 35.7. The summed E-state index contributed by atoms with van der Waals surface area (Å²) < 4.78 is 22.8. The van der Waals surface area contributed by atoms with E-state index in [0.29, 0.717) is 5.39 Å². The predicted octanol–water partition coefficient (Wildman–Crippen LogP) is 3.25. The summed E-state index contributed by atoms with van der Waals surface area (Å²) in [6.45, 7) is 0. The molecule has 3 aromatic rings. The Morgan fingerprint density at radius 3 is 2.53 bits per heavy atom. The number of benzene rings is 2. The standard InChI is InChI=1S/C12H8ClNO2S/c13-17(15,16)11-7-14-12-9-4-2-1-3-8(9)5-6-10(11)12/h1-7,14H. The largest absolute Gasteiger partial charge is 0.359 e. The Morgan fingerprint density at radius 2 is 1.76 bits per heavy atom. The van der Waals surface area contributed by atoms with Crippen LogP contribution in [0.1, 0.15) is 0 Å². The van der Waals surface area contributed by atoms with Crippen molar-refractivity contribution >= 4 is 41.4 Å². The van der Waals surface area contributed by atoms with Gasteiger partial charge < -0.3 is 4.98 Å². The van der Waals surface area contributed by atoms with Crippen molar-refractivity contribution in [3.63, 3.8) is 0 Å². The van der Waals surface area contributed by atoms with Gasteiger partial charge in [0.05, 0.1) is 5.52 Å². The predicted molar refractivity (Wildman–Crippen MR) is 68.8 cm³/mol. The van der Waals surface area contributed by atoms with Crippen LogP contribution in [0.5, 0.6) is 0 Å². The van der Waals surface area contributed by atoms with E-state index in [4.69, 9.17) is 10.7 Å². The van der Waals surface area contributed by atoms with Crippen LogP contribution in [-0.2, 0) is 9.05 Å². The summed E-state index contributed by atoms with van der Waals surface area (Å²) in [6, 6.07) is 11.4. The van der Waals surface area contributed by atoms with Crippen LogP contribution in [0.25, 0.3) is 21.7 Å². The Labute approximate surface area is 102 Å². The normalized spacial score (nSPS) is 12.3. The van der Waals surface area contributed by atoms with Gasteiger partial charge >= 0.3 is 0 Å². The van der Waals surface area contributed by atoms with E-state index in [-0.39, 0.29) is 4.90 Å². The van der Waals surface area contributed by atoms with E-state index in [1.165, 1.54) is 6.20 Å². The Balaban J connectivity index is 2.52. The number of hydrogen-bond donors (Lipinski definition) is 1. The number of nitrogens with one attached hydrogen (secondary N) is 1. The first-order chi connectivity index (χ1) is 8.07. The van der Waals surface area contributed by atoms with Gasteiger partial charge in [-0.25, -0.2) is 8.42 Å². The molecule has 0 radical (unpaired) electrons. The molecule has 1 heterocycles. The lowest BCUT2D eigenvalue weighted by Gasteiger charge is -1.99. The fourth-order valence-corrected chi connectivity index (χ4v) is 3.07. The average Bonchev–Trinajstić information content (AvgIpc) is 2.72. The molecular formula is C12H8ClNO2S. The molecule has 0 fully saturated rings. The van der Waals surface area contributed by atoms with Gasteiger partial charge in [-0.15, -0.1) is 0 Å². The molecule has 86 valence electrons. The third-order valence-corrected chi connectivity index (χ3v) is 4.17. The number of fused-ring (bicyclic) bond motifs is 3. The van der Waals surface area contributed by atoms with Crippen LogP contribution in [0, 0.1) is 0 Å². The average molecular weight is 266 g/mol. The molecule has 0 saturated heterocycles. The van der Waals surface area contributed by atoms with E-state index >= 15 is 0 Å². The molecule has 1 N–H and O–H groups in total. The minimum atomic E-state index is -3.71. The maximum absolute atomic E-state index is 11.4. The highest BCUT2D eigenvalue weighted by Crippen LogP contribution is 2.30. The second kappa shape index (κ2) is 3.48. The first-order valence-electron chi connectivity index (χ1n) is 5.01. The summed E-state index contributed by atoms with van der Waals surface area (Å²) in [5, 5.41) is 2.66. The van der Waals surface area contributed by atoms with Crippen molar-refractivity contribution in [2.24, 2.45) is 0 Å². The van der Waals surface area contributed by atoms with E-state index in [0.717, 1.165) is 16.3 Å². The summed E-state index contributed by atoms with van der Waals surface area (Å²) in [6.07, 6.45) is 1.43. The Morgan fingerprint density at radius 1 is 1.00 bits per heavy atom. The fourth-order valence-electron chi connectivity index (χ4n) is 2.05. The second-order valence-corrected chi connectivity index (χ2v) is 6.33. The number of H-pyrrole nitrogens is 1. The molecule has 0 spiro atoms. The smallest absolute Gasteiger partial charge is 0.263 e. The summed E-state index contributed by atoms with van der Waals surface area (Å²) in [4.78, 5) is 3.10. The topological polar surface area (TPSA) is 49.9 Å². The molecule has 0 aliphatic heterocycles. The van der Waals surface area contributed by atoms with E-state index in [2.05, 4.69) is 4.98 Å². The van der Waals surface area contributed by atoms with Gasteiger partial charge in [0.15, 0.2) is 0 Å². The van der Waals surface area contributed by atoms with Crippen LogP contribution < -0.4 is 0 Å². The number of halogens is 1. The Hall–Kier alpha value is -1.52. The van der Waals surface area contributed by atoms with Crippen molar-refractivity contribution in [3.8, 4) is 0 Å². The summed E-state index contributed by atoms with van der Waals surface area (Å²) >= 11 is 0. The summed E-state index contributed by atoms with van der Waals surface area (Å²) in [7, 11) is 1.67. The minimum Gasteiger partial charge on any atom is -0.359 e. The van der Waals surface area contributed by atoms with E-state index in [1.807, 2.05) is 30.3 Å². The lowest BCUT2D eigenvalue weighted by Crippen LogP contribution is -1.87. The van der Waals surface area contributed by atoms with Crippen LogP contribution in [0.3, 0.4) is 0 Å². The van der Waals surface area contributed by atoms with Crippen LogP contribution in [0.4, 0.5) is 0 Å². The lowest BCUT2D eigenvalue weighted by molar-refractivity contribution is 0.610. The van der Waals surface area contributed by atoms with Crippen molar-refractivity contribution in [2.75, 3.05) is 0 Å². The molecule has 17 heavy (non-hydrogen) atoms. The van der Waals surface area contributed by atoms with Gasteiger partial charge in [-0.3, -0.25) is 0 Å². The zero-order valence-corrected chi connectivity index (χ0v) is 10.2. The third kappa shape index (κ3) is 1.61. The SMILES string of the molecule is O=S(=O)(Cl)c1c[nH]c2c1ccc1ccccc12. The van der Waals surface area contributed by atoms with E-state index < -0.39 is 9.05 Å². The third-order valence-electron chi connectivity index (χ3n) is 2.80. The molecule has 0 unspecified atom stereocenters. The van der Waals surface area contributed by atoms with Crippen LogP contribution in [-0.4, -0.2) is 13.4 Å². The molecule has 1 aromatic heterocycles. The quantitative estimate of drug-likeness (QED) is 0.687. The van der Waals surface area contributed by atoms with Gasteiger partial charge in [0.1, 0.15) is 4.90 Å². The molecule has 3 rings (SSSR count). The number of hydrogen-bond acceptors (Lipinski definition) is 2. The highest BCUT2D eigenvalue weighted by Gasteiger charge is 2.16. The van der Waals surface area contributed by atoms with Crippen molar-refractivity contribution < 1.29 is 8.42 Å². The molecule has 0 aliphatic carbocycles. The number of aromatic nitrogens is 1. The van der Waals surface area contributed by atoms with Gasteiger partial charge in [-0.1, -0.05) is 36.4 Å². The molecule has 0 atom stereocenters. The van der Waals surface area contributed by atoms with Gasteiger partial charge in [0.2, 0.25) is 0 Å². The fraction of sp³-hybridized carbons (Fsp3) is 0. The summed E-state index contributed by atoms with van der Waals surface area (Å²) in [5.41, 5.74) is 0.794. The molecule has 0 bridgehead atoms. The van der Waals surface area contributed by atoms with Crippen molar-refractivity contribution in [2.45, 2.75) is 4.90 Å². The zero-order chi connectivity index (χ0) is 12.0. The van der Waals surface area contributed by atoms with Crippen LogP contribution in [0.15, 0.2) is 47.5 Å². The first-order valence-corrected chi connectivity index (χ1v) is 7.32. The Bertz CT molecular complexity index is 821. The molecule has 0 amide bonds. The molecule has 0 aliphatic rings. The monoisotopic (exact) mass is 265 g/mol. The zero-order valence-electron chi connectivity index (χ0n) is 8.64. The second-order valence-electron chi connectivity index (χ2n) is 3.80. The maximum atomic E-state index is 11.4. The summed E-state index contributed by atoms with van der Waals surface area (Å²) in [5.74, 6) is 0. The van der Waals surface area contributed by atoms with Gasteiger partial charge in [0, 0.05) is 27.7 Å². The maximum Gasteiger partial charge on any atom is 0.263 e. The van der Waals surface area contributed by atoms with Crippen molar-refractivity contribution in [3.05, 3.63) is 42.6 Å². The van der Waals surface area contributed by atoms with Crippen LogP contribution >= 0.6 is 10.7 Å². The van der Waals surface area contributed by atoms with E-state index in [1.54, 1.807) is 6.07 Å². The van der Waals surface area contributed by atoms with Gasteiger partial charge in [-0.05, 0) is 5.39 Å². The molecule has 2 aromatic carbocycles. The molecule has 3 nitrogen and oxygen atoms in total.